The molecule has 2 fully saturated rings. The van der Waals surface area contributed by atoms with Crippen molar-refractivity contribution >= 4 is 40.5 Å². The number of hydrogen-bond acceptors (Lipinski definition) is 6. The number of rotatable bonds is 5. The van der Waals surface area contributed by atoms with Gasteiger partial charge in [-0.15, -0.1) is 4.72 Å². The van der Waals surface area contributed by atoms with Crippen LogP contribution in [0.3, 0.4) is 0 Å². The van der Waals surface area contributed by atoms with Gasteiger partial charge in [-0.25, -0.2) is 0 Å². The van der Waals surface area contributed by atoms with Crippen LogP contribution in [0, 0.1) is 5.92 Å². The van der Waals surface area contributed by atoms with Gasteiger partial charge < -0.3 is 24.0 Å². The van der Waals surface area contributed by atoms with E-state index in [0.29, 0.717) is 36.5 Å². The Morgan fingerprint density at radius 2 is 1.94 bits per heavy atom. The van der Waals surface area contributed by atoms with Crippen molar-refractivity contribution in [1.82, 2.24) is 9.62 Å². The Morgan fingerprint density at radius 1 is 1.31 bits per heavy atom. The van der Waals surface area contributed by atoms with Gasteiger partial charge in [0.2, 0.25) is 0 Å². The summed E-state index contributed by atoms with van der Waals surface area (Å²) in [5.74, 6) is -0.851. The average Bonchev–Trinajstić information content (AvgIpc) is 3.08. The van der Waals surface area contributed by atoms with E-state index in [1.165, 1.54) is 12.1 Å². The van der Waals surface area contributed by atoms with Crippen LogP contribution < -0.4 is 4.72 Å². The van der Waals surface area contributed by atoms with Crippen molar-refractivity contribution in [2.45, 2.75) is 70.1 Å². The molecule has 0 aromatic heterocycles. The van der Waals surface area contributed by atoms with E-state index in [-0.39, 0.29) is 29.2 Å². The van der Waals surface area contributed by atoms with E-state index in [1.54, 1.807) is 18.7 Å². The molecule has 0 spiro atoms. The van der Waals surface area contributed by atoms with Crippen LogP contribution in [0.2, 0.25) is 10.0 Å². The van der Waals surface area contributed by atoms with Crippen LogP contribution in [0.4, 0.5) is 0 Å². The van der Waals surface area contributed by atoms with Gasteiger partial charge in [0.05, 0.1) is 22.7 Å². The zero-order valence-corrected chi connectivity index (χ0v) is 21.4. The SMILES string of the molecule is CC1(C)OC[C@H](C(=O)N2CCC(C(N[S+]([O-])C(C)(C)C)c3c(O)ccc(Cl)c3Cl)CC2)O1. The molecule has 3 atom stereocenters. The first kappa shape index (κ1) is 25.9. The third-order valence-electron chi connectivity index (χ3n) is 5.82. The quantitative estimate of drug-likeness (QED) is 0.581. The van der Waals surface area contributed by atoms with E-state index in [2.05, 4.69) is 4.72 Å². The van der Waals surface area contributed by atoms with Gasteiger partial charge in [0.1, 0.15) is 10.5 Å². The van der Waals surface area contributed by atoms with Crippen molar-refractivity contribution < 1.29 is 23.9 Å². The van der Waals surface area contributed by atoms with Crippen molar-refractivity contribution in [3.8, 4) is 5.75 Å². The number of nitrogens with one attached hydrogen (secondary N) is 1. The van der Waals surface area contributed by atoms with Gasteiger partial charge in [-0.05, 0) is 65.5 Å². The van der Waals surface area contributed by atoms with Crippen molar-refractivity contribution in [2.75, 3.05) is 19.7 Å². The van der Waals surface area contributed by atoms with Crippen molar-refractivity contribution in [2.24, 2.45) is 5.92 Å². The summed E-state index contributed by atoms with van der Waals surface area (Å²) >= 11 is 11.3. The zero-order chi connectivity index (χ0) is 23.8. The summed E-state index contributed by atoms with van der Waals surface area (Å²) in [5, 5.41) is 11.2. The Bertz CT molecular complexity index is 840. The lowest BCUT2D eigenvalue weighted by molar-refractivity contribution is -0.161. The number of phenolic OH excluding ortho intramolecular Hbond substituents is 1. The van der Waals surface area contributed by atoms with Crippen LogP contribution in [-0.4, -0.2) is 56.8 Å². The Hall–Kier alpha value is -0.740. The van der Waals surface area contributed by atoms with Gasteiger partial charge in [0.25, 0.3) is 5.91 Å². The Morgan fingerprint density at radius 3 is 2.47 bits per heavy atom. The number of hydrogen-bond donors (Lipinski definition) is 2. The normalized spacial score (nSPS) is 23.9. The lowest BCUT2D eigenvalue weighted by Gasteiger charge is -2.38. The van der Waals surface area contributed by atoms with E-state index < -0.39 is 34.0 Å². The second-order valence-corrected chi connectivity index (χ2v) is 12.5. The van der Waals surface area contributed by atoms with Crippen LogP contribution >= 0.6 is 23.2 Å². The van der Waals surface area contributed by atoms with Gasteiger partial charge in [-0.1, -0.05) is 23.2 Å². The first-order chi connectivity index (χ1) is 14.8. The number of amides is 1. The molecule has 0 saturated carbocycles. The van der Waals surface area contributed by atoms with Crippen LogP contribution in [0.5, 0.6) is 5.75 Å². The summed E-state index contributed by atoms with van der Waals surface area (Å²) < 4.78 is 26.9. The molecule has 2 N–H and O–H groups in total. The fourth-order valence-electron chi connectivity index (χ4n) is 4.00. The lowest BCUT2D eigenvalue weighted by Crippen LogP contribution is -2.48. The van der Waals surface area contributed by atoms with E-state index in [0.717, 1.165) is 0 Å². The number of nitrogens with zero attached hydrogens (tertiary/aromatic N) is 1. The van der Waals surface area contributed by atoms with Crippen molar-refractivity contribution in [3.05, 3.63) is 27.7 Å². The summed E-state index contributed by atoms with van der Waals surface area (Å²) in [6, 6.07) is 2.55. The molecule has 3 rings (SSSR count). The number of aromatic hydroxyl groups is 1. The van der Waals surface area contributed by atoms with Gasteiger partial charge >= 0.3 is 0 Å². The highest BCUT2D eigenvalue weighted by atomic mass is 35.5. The molecular weight excluding hydrogens is 475 g/mol. The van der Waals surface area contributed by atoms with E-state index in [4.69, 9.17) is 32.7 Å². The molecule has 2 aliphatic rings. The highest BCUT2D eigenvalue weighted by Gasteiger charge is 2.42. The Kier molecular flexibility index (Phi) is 7.97. The van der Waals surface area contributed by atoms with E-state index in [9.17, 15) is 14.5 Å². The number of carbonyl (C=O) groups is 1. The lowest BCUT2D eigenvalue weighted by atomic mass is 9.85. The molecular formula is C22H32Cl2N2O5S. The molecule has 1 aromatic rings. The molecule has 2 aliphatic heterocycles. The smallest absolute Gasteiger partial charge is 0.254 e. The fraction of sp³-hybridized carbons (Fsp3) is 0.682. The van der Waals surface area contributed by atoms with Crippen LogP contribution in [0.15, 0.2) is 12.1 Å². The fourth-order valence-corrected chi connectivity index (χ4v) is 5.34. The molecule has 2 saturated heterocycles. The number of carbonyl (C=O) groups excluding carboxylic acids is 1. The van der Waals surface area contributed by atoms with E-state index in [1.807, 2.05) is 20.8 Å². The minimum Gasteiger partial charge on any atom is -0.598 e. The van der Waals surface area contributed by atoms with Gasteiger partial charge in [0, 0.05) is 30.0 Å². The maximum absolute atomic E-state index is 13.0. The molecule has 0 radical (unpaired) electrons. The monoisotopic (exact) mass is 506 g/mol. The summed E-state index contributed by atoms with van der Waals surface area (Å²) in [6.45, 7) is 10.5. The summed E-state index contributed by atoms with van der Waals surface area (Å²) in [4.78, 5) is 14.7. The van der Waals surface area contributed by atoms with Crippen LogP contribution in [-0.2, 0) is 25.6 Å². The highest BCUT2D eigenvalue weighted by Crippen LogP contribution is 2.43. The molecule has 1 aromatic carbocycles. The number of phenols is 1. The molecule has 1 amide bonds. The molecule has 2 unspecified atom stereocenters. The topological polar surface area (TPSA) is 94.1 Å². The zero-order valence-electron chi connectivity index (χ0n) is 19.1. The van der Waals surface area contributed by atoms with Crippen molar-refractivity contribution in [1.29, 1.82) is 0 Å². The molecule has 7 nitrogen and oxygen atoms in total. The Labute approximate surface area is 203 Å². The number of halogens is 2. The first-order valence-electron chi connectivity index (χ1n) is 10.8. The standard InChI is InChI=1S/C22H32Cl2N2O5S/c1-21(2,3)32(29)25-19(17-15(27)7-6-14(23)18(17)24)13-8-10-26(11-9-13)20(28)16-12-30-22(4,5)31-16/h6-7,13,16,19,25,27H,8-12H2,1-5H3/t16-,19?,32?/m1/s1. The molecule has 180 valence electrons. The molecule has 10 heteroatoms. The second-order valence-electron chi connectivity index (χ2n) is 9.75. The maximum Gasteiger partial charge on any atom is 0.254 e. The largest absolute Gasteiger partial charge is 0.598 e. The summed E-state index contributed by atoms with van der Waals surface area (Å²) in [6.07, 6.45) is 0.684. The molecule has 0 bridgehead atoms. The molecule has 32 heavy (non-hydrogen) atoms. The number of benzene rings is 1. The third-order valence-corrected chi connectivity index (χ3v) is 8.22. The van der Waals surface area contributed by atoms with Crippen molar-refractivity contribution in [3.63, 3.8) is 0 Å². The molecule has 0 aliphatic carbocycles. The average molecular weight is 507 g/mol. The maximum atomic E-state index is 13.0. The first-order valence-corrected chi connectivity index (χ1v) is 12.7. The second kappa shape index (κ2) is 9.86. The third kappa shape index (κ3) is 5.84. The minimum absolute atomic E-state index is 0.0000472. The van der Waals surface area contributed by atoms with Gasteiger partial charge in [0.15, 0.2) is 11.9 Å². The van der Waals surface area contributed by atoms with Crippen LogP contribution in [0.1, 0.15) is 59.1 Å². The number of likely N-dealkylation sites (tertiary alicyclic amines) is 1. The van der Waals surface area contributed by atoms with Gasteiger partial charge in [-0.2, -0.15) is 0 Å². The minimum atomic E-state index is -1.40. The predicted molar refractivity (Wildman–Crippen MR) is 126 cm³/mol. The van der Waals surface area contributed by atoms with Gasteiger partial charge in [-0.3, -0.25) is 4.79 Å². The molecule has 2 heterocycles. The van der Waals surface area contributed by atoms with Crippen LogP contribution in [0.25, 0.3) is 0 Å². The highest BCUT2D eigenvalue weighted by molar-refractivity contribution is 7.90. The van der Waals surface area contributed by atoms with E-state index >= 15 is 0 Å². The summed E-state index contributed by atoms with van der Waals surface area (Å²) in [5.41, 5.74) is 0.441. The Balaban J connectivity index is 1.77. The number of ether oxygens (including phenoxy) is 2. The predicted octanol–water partition coefficient (Wildman–Crippen LogP) is 4.18. The number of piperidine rings is 1. The summed E-state index contributed by atoms with van der Waals surface area (Å²) in [7, 11) is 0.